The Labute approximate surface area is 387 Å². The summed E-state index contributed by atoms with van der Waals surface area (Å²) in [7, 11) is 0. The molecule has 1 N–H and O–H groups in total. The number of nitrogens with zero attached hydrogens (tertiary/aromatic N) is 2. The highest BCUT2D eigenvalue weighted by Crippen LogP contribution is 2.36. The second-order valence-electron chi connectivity index (χ2n) is 17.0. The first-order chi connectivity index (χ1) is 32.7. The maximum absolute atomic E-state index is 5.28. The van der Waals surface area contributed by atoms with E-state index in [0.29, 0.717) is 5.84 Å². The minimum absolute atomic E-state index is 0.273. The molecule has 1 aliphatic carbocycles. The van der Waals surface area contributed by atoms with Gasteiger partial charge in [-0.05, 0) is 109 Å². The minimum Gasteiger partial charge on any atom is -0.344 e. The van der Waals surface area contributed by atoms with Gasteiger partial charge in [0, 0.05) is 17.0 Å². The van der Waals surface area contributed by atoms with Crippen LogP contribution in [0.25, 0.3) is 61.2 Å². The second-order valence-corrected chi connectivity index (χ2v) is 17.0. The van der Waals surface area contributed by atoms with Crippen molar-refractivity contribution < 1.29 is 0 Å². The lowest BCUT2D eigenvalue weighted by atomic mass is 9.84. The van der Waals surface area contributed by atoms with Gasteiger partial charge >= 0.3 is 0 Å². The summed E-state index contributed by atoms with van der Waals surface area (Å²) in [6.07, 6.45) is 7.41. The fourth-order valence-corrected chi connectivity index (χ4v) is 9.15. The number of amidine groups is 2. The van der Waals surface area contributed by atoms with E-state index in [1.807, 2.05) is 0 Å². The second kappa shape index (κ2) is 18.4. The Balaban J connectivity index is 0.867. The minimum atomic E-state index is -0.331. The largest absolute Gasteiger partial charge is 0.344 e. The zero-order valence-electron chi connectivity index (χ0n) is 36.5. The zero-order chi connectivity index (χ0) is 44.1. The first-order valence-electron chi connectivity index (χ1n) is 22.8. The van der Waals surface area contributed by atoms with Gasteiger partial charge in [0.05, 0.1) is 0 Å². The molecule has 2 aliphatic rings. The smallest absolute Gasteiger partial charge is 0.159 e. The third kappa shape index (κ3) is 8.75. The third-order valence-electron chi connectivity index (χ3n) is 12.7. The standard InChI is InChI=1S/C63H47N3/c1-4-15-44(16-5-1)51-21-10-26-56(39-51)58-28-12-23-53(41-58)47-31-35-49(36-32-47)61-64-62(66-63(65-61)60-30-14-25-55(43-60)46-19-8-3-9-20-46)50-37-33-48(34-38-50)54-24-13-29-59(42-54)57-27-11-22-52(40-57)45-17-6-2-7-18-45/h1-41,43,54,62H,42H2,(H,64,65,66). The molecule has 2 unspecified atom stereocenters. The number of nitrogens with one attached hydrogen (secondary N) is 1. The number of allylic oxidation sites excluding steroid dienone is 4. The van der Waals surface area contributed by atoms with Gasteiger partial charge in [0.1, 0.15) is 12.0 Å². The van der Waals surface area contributed by atoms with Gasteiger partial charge in [-0.2, -0.15) is 0 Å². The molecule has 0 saturated carbocycles. The highest BCUT2D eigenvalue weighted by Gasteiger charge is 2.23. The summed E-state index contributed by atoms with van der Waals surface area (Å²) in [4.78, 5) is 10.5. The zero-order valence-corrected chi connectivity index (χ0v) is 36.5. The Kier molecular flexibility index (Phi) is 11.2. The molecule has 3 nitrogen and oxygen atoms in total. The molecule has 0 spiro atoms. The van der Waals surface area contributed by atoms with Gasteiger partial charge in [0.15, 0.2) is 5.84 Å². The predicted octanol–water partition coefficient (Wildman–Crippen LogP) is 15.6. The summed E-state index contributed by atoms with van der Waals surface area (Å²) in [5, 5.41) is 3.73. The van der Waals surface area contributed by atoms with Crippen LogP contribution in [0.3, 0.4) is 0 Å². The Morgan fingerprint density at radius 2 is 0.742 bits per heavy atom. The molecule has 0 saturated heterocycles. The average Bonchev–Trinajstić information content (AvgIpc) is 3.42. The van der Waals surface area contributed by atoms with Crippen LogP contribution < -0.4 is 5.32 Å². The Morgan fingerprint density at radius 1 is 0.348 bits per heavy atom. The van der Waals surface area contributed by atoms with Crippen LogP contribution in [0.1, 0.15) is 46.3 Å². The summed E-state index contributed by atoms with van der Waals surface area (Å²) in [6, 6.07) is 84.4. The van der Waals surface area contributed by atoms with Crippen molar-refractivity contribution in [3.05, 3.63) is 283 Å². The number of benzene rings is 9. The molecule has 0 radical (unpaired) electrons. The van der Waals surface area contributed by atoms with Gasteiger partial charge < -0.3 is 5.32 Å². The molecule has 1 aliphatic heterocycles. The highest BCUT2D eigenvalue weighted by molar-refractivity contribution is 6.13. The van der Waals surface area contributed by atoms with E-state index in [1.54, 1.807) is 0 Å². The SMILES string of the molecule is C1=CC(c2ccc(C3N=C(c4cccc(-c5ccccc5)c4)N=C(c4ccc(-c5cccc(-c6cccc(-c7ccccc7)c6)c5)cc4)N3)cc2)CC(c2cccc(-c3ccccc3)c2)=C1. The Morgan fingerprint density at radius 3 is 1.27 bits per heavy atom. The van der Waals surface area contributed by atoms with Crippen LogP contribution in [0.2, 0.25) is 0 Å². The van der Waals surface area contributed by atoms with Crippen LogP contribution in [0.4, 0.5) is 0 Å². The summed E-state index contributed by atoms with van der Waals surface area (Å²) in [6.45, 7) is 0. The Bertz CT molecular complexity index is 3270. The fourth-order valence-electron chi connectivity index (χ4n) is 9.15. The van der Waals surface area contributed by atoms with Crippen molar-refractivity contribution in [2.24, 2.45) is 9.98 Å². The van der Waals surface area contributed by atoms with E-state index in [1.165, 1.54) is 50.1 Å². The lowest BCUT2D eigenvalue weighted by Crippen LogP contribution is -2.33. The first kappa shape index (κ1) is 40.4. The number of hydrogen-bond donors (Lipinski definition) is 1. The molecule has 1 heterocycles. The van der Waals surface area contributed by atoms with Crippen molar-refractivity contribution in [2.75, 3.05) is 0 Å². The number of hydrogen-bond acceptors (Lipinski definition) is 3. The fraction of sp³-hybridized carbons (Fsp3) is 0.0476. The topological polar surface area (TPSA) is 36.8 Å². The molecule has 11 rings (SSSR count). The van der Waals surface area contributed by atoms with Gasteiger partial charge in [-0.25, -0.2) is 9.98 Å². The summed E-state index contributed by atoms with van der Waals surface area (Å²) in [5.74, 6) is 1.77. The van der Waals surface area contributed by atoms with Gasteiger partial charge in [0.25, 0.3) is 0 Å². The van der Waals surface area contributed by atoms with E-state index >= 15 is 0 Å². The lowest BCUT2D eigenvalue weighted by molar-refractivity contribution is 0.673. The third-order valence-corrected chi connectivity index (χ3v) is 12.7. The van der Waals surface area contributed by atoms with Crippen molar-refractivity contribution in [1.29, 1.82) is 0 Å². The van der Waals surface area contributed by atoms with Crippen LogP contribution in [-0.4, -0.2) is 11.7 Å². The monoisotopic (exact) mass is 845 g/mol. The van der Waals surface area contributed by atoms with Gasteiger partial charge in [0.2, 0.25) is 0 Å². The summed E-state index contributed by atoms with van der Waals surface area (Å²) < 4.78 is 0. The maximum atomic E-state index is 5.28. The maximum Gasteiger partial charge on any atom is 0.159 e. The molecule has 0 bridgehead atoms. The van der Waals surface area contributed by atoms with Gasteiger partial charge in [-0.1, -0.05) is 231 Å². The van der Waals surface area contributed by atoms with E-state index in [0.717, 1.165) is 51.2 Å². The van der Waals surface area contributed by atoms with Crippen LogP contribution >= 0.6 is 0 Å². The molecule has 0 amide bonds. The van der Waals surface area contributed by atoms with Crippen molar-refractivity contribution in [3.8, 4) is 55.6 Å². The van der Waals surface area contributed by atoms with E-state index in [9.17, 15) is 0 Å². The van der Waals surface area contributed by atoms with E-state index in [2.05, 4.69) is 260 Å². The van der Waals surface area contributed by atoms with E-state index in [4.69, 9.17) is 9.98 Å². The van der Waals surface area contributed by atoms with E-state index < -0.39 is 0 Å². The molecule has 2 atom stereocenters. The molecular formula is C63H47N3. The van der Waals surface area contributed by atoms with Crippen LogP contribution in [0, 0.1) is 0 Å². The summed E-state index contributed by atoms with van der Waals surface area (Å²) in [5.41, 5.74) is 18.8. The first-order valence-corrected chi connectivity index (χ1v) is 22.8. The Hall–Kier alpha value is -8.40. The van der Waals surface area contributed by atoms with Gasteiger partial charge in [-0.15, -0.1) is 0 Å². The molecule has 3 heteroatoms. The molecule has 66 heavy (non-hydrogen) atoms. The normalized spacial score (nSPS) is 15.5. The van der Waals surface area contributed by atoms with Crippen LogP contribution in [0.5, 0.6) is 0 Å². The molecule has 9 aromatic rings. The molecular weight excluding hydrogens is 799 g/mol. The number of aliphatic imine (C=N–C) groups is 2. The molecule has 0 aromatic heterocycles. The van der Waals surface area contributed by atoms with Crippen LogP contribution in [-0.2, 0) is 0 Å². The summed E-state index contributed by atoms with van der Waals surface area (Å²) >= 11 is 0. The quantitative estimate of drug-likeness (QED) is 0.146. The molecule has 0 fully saturated rings. The average molecular weight is 846 g/mol. The van der Waals surface area contributed by atoms with Crippen molar-refractivity contribution >= 4 is 17.2 Å². The van der Waals surface area contributed by atoms with E-state index in [-0.39, 0.29) is 12.1 Å². The van der Waals surface area contributed by atoms with Gasteiger partial charge in [-0.3, -0.25) is 0 Å². The van der Waals surface area contributed by atoms with Crippen molar-refractivity contribution in [1.82, 2.24) is 5.32 Å². The number of rotatable bonds is 10. The highest BCUT2D eigenvalue weighted by atomic mass is 15.2. The molecule has 9 aromatic carbocycles. The predicted molar refractivity (Wildman–Crippen MR) is 276 cm³/mol. The molecule has 314 valence electrons. The van der Waals surface area contributed by atoms with Crippen molar-refractivity contribution in [2.45, 2.75) is 18.5 Å². The lowest BCUT2D eigenvalue weighted by Gasteiger charge is -2.25. The van der Waals surface area contributed by atoms with Crippen LogP contribution in [0.15, 0.2) is 265 Å². The van der Waals surface area contributed by atoms with Crippen molar-refractivity contribution in [3.63, 3.8) is 0 Å².